The first-order chi connectivity index (χ1) is 9.99. The number of hydrogen-bond donors (Lipinski definition) is 2. The van der Waals surface area contributed by atoms with Gasteiger partial charge in [0.25, 0.3) is 6.02 Å². The van der Waals surface area contributed by atoms with Gasteiger partial charge in [0.1, 0.15) is 18.0 Å². The Morgan fingerprint density at radius 2 is 2.24 bits per heavy atom. The normalized spacial score (nSPS) is 28.7. The van der Waals surface area contributed by atoms with Crippen LogP contribution < -0.4 is 11.1 Å². The summed E-state index contributed by atoms with van der Waals surface area (Å²) in [6.45, 7) is 2.18. The number of anilines is 1. The van der Waals surface area contributed by atoms with Gasteiger partial charge in [-0.1, -0.05) is 0 Å². The highest BCUT2D eigenvalue weighted by Crippen LogP contribution is 2.37. The minimum Gasteiger partial charge on any atom is -0.462 e. The van der Waals surface area contributed by atoms with Gasteiger partial charge in [-0.3, -0.25) is 0 Å². The monoisotopic (exact) mass is 295 g/mol. The van der Waals surface area contributed by atoms with Gasteiger partial charge in [0.2, 0.25) is 0 Å². The van der Waals surface area contributed by atoms with Gasteiger partial charge >= 0.3 is 0 Å². The van der Waals surface area contributed by atoms with Crippen LogP contribution in [-0.2, 0) is 10.3 Å². The second-order valence-corrected chi connectivity index (χ2v) is 5.90. The maximum absolute atomic E-state index is 14.3. The molecule has 0 saturated heterocycles. The molecule has 21 heavy (non-hydrogen) atoms. The Hall–Kier alpha value is -1.85. The third-order valence-electron chi connectivity index (χ3n) is 4.13. The molecule has 0 spiro atoms. The zero-order chi connectivity index (χ0) is 15.0. The predicted octanol–water partition coefficient (Wildman–Crippen LogP) is 2.55. The molecule has 1 fully saturated rings. The molecule has 1 heterocycles. The SMILES string of the molecule is CC1(c2cc(NCC3CC3)ccc2F)N=C(N)OCC1F. The van der Waals surface area contributed by atoms with E-state index in [9.17, 15) is 8.78 Å². The van der Waals surface area contributed by atoms with Gasteiger partial charge in [-0.25, -0.2) is 13.8 Å². The highest BCUT2D eigenvalue weighted by atomic mass is 19.1. The van der Waals surface area contributed by atoms with Crippen molar-refractivity contribution in [2.45, 2.75) is 31.5 Å². The first-order valence-electron chi connectivity index (χ1n) is 7.15. The Morgan fingerprint density at radius 1 is 1.48 bits per heavy atom. The molecule has 0 radical (unpaired) electrons. The number of alkyl halides is 1. The zero-order valence-electron chi connectivity index (χ0n) is 11.9. The van der Waals surface area contributed by atoms with E-state index in [0.717, 1.165) is 12.2 Å². The van der Waals surface area contributed by atoms with E-state index >= 15 is 0 Å². The van der Waals surface area contributed by atoms with Crippen LogP contribution >= 0.6 is 0 Å². The lowest BCUT2D eigenvalue weighted by molar-refractivity contribution is 0.0923. The Kier molecular flexibility index (Phi) is 3.47. The molecule has 0 aromatic heterocycles. The molecule has 2 atom stereocenters. The van der Waals surface area contributed by atoms with Crippen LogP contribution in [0.25, 0.3) is 0 Å². The molecule has 0 amide bonds. The largest absolute Gasteiger partial charge is 0.462 e. The summed E-state index contributed by atoms with van der Waals surface area (Å²) in [5, 5.41) is 3.26. The van der Waals surface area contributed by atoms with Crippen LogP contribution in [0.1, 0.15) is 25.3 Å². The van der Waals surface area contributed by atoms with Gasteiger partial charge < -0.3 is 15.8 Å². The number of nitrogens with zero attached hydrogens (tertiary/aromatic N) is 1. The summed E-state index contributed by atoms with van der Waals surface area (Å²) in [6, 6.07) is 4.50. The van der Waals surface area contributed by atoms with E-state index in [4.69, 9.17) is 10.5 Å². The van der Waals surface area contributed by atoms with E-state index in [0.29, 0.717) is 5.92 Å². The number of rotatable bonds is 4. The number of nitrogens with two attached hydrogens (primary N) is 1. The van der Waals surface area contributed by atoms with Gasteiger partial charge in [0.15, 0.2) is 6.17 Å². The maximum atomic E-state index is 14.3. The molecule has 1 aromatic carbocycles. The predicted molar refractivity (Wildman–Crippen MR) is 77.4 cm³/mol. The van der Waals surface area contributed by atoms with E-state index in [1.54, 1.807) is 12.1 Å². The summed E-state index contributed by atoms with van der Waals surface area (Å²) in [5.74, 6) is 0.204. The van der Waals surface area contributed by atoms with Crippen molar-refractivity contribution in [3.63, 3.8) is 0 Å². The smallest absolute Gasteiger partial charge is 0.283 e. The fourth-order valence-electron chi connectivity index (χ4n) is 2.49. The van der Waals surface area contributed by atoms with Crippen molar-refractivity contribution in [1.82, 2.24) is 0 Å². The highest BCUT2D eigenvalue weighted by molar-refractivity contribution is 5.73. The molecular formula is C15H19F2N3O. The summed E-state index contributed by atoms with van der Waals surface area (Å²) in [4.78, 5) is 4.00. The quantitative estimate of drug-likeness (QED) is 0.897. The van der Waals surface area contributed by atoms with E-state index < -0.39 is 17.5 Å². The summed E-state index contributed by atoms with van der Waals surface area (Å²) in [5.41, 5.74) is 5.14. The third-order valence-corrected chi connectivity index (χ3v) is 4.13. The van der Waals surface area contributed by atoms with Crippen molar-refractivity contribution in [2.75, 3.05) is 18.5 Å². The lowest BCUT2D eigenvalue weighted by Gasteiger charge is -2.33. The standard InChI is InChI=1S/C15H19F2N3O/c1-15(13(17)8-21-14(18)20-15)11-6-10(4-5-12(11)16)19-7-9-2-3-9/h4-6,9,13,19H,2-3,7-8H2,1H3,(H2,18,20). The second-order valence-electron chi connectivity index (χ2n) is 5.90. The van der Waals surface area contributed by atoms with E-state index in [-0.39, 0.29) is 18.2 Å². The minimum absolute atomic E-state index is 0.109. The van der Waals surface area contributed by atoms with Gasteiger partial charge in [-0.2, -0.15) is 0 Å². The number of nitrogens with one attached hydrogen (secondary N) is 1. The van der Waals surface area contributed by atoms with Gasteiger partial charge in [0, 0.05) is 17.8 Å². The number of amidine groups is 1. The lowest BCUT2D eigenvalue weighted by atomic mass is 9.86. The van der Waals surface area contributed by atoms with Crippen molar-refractivity contribution >= 4 is 11.7 Å². The fourth-order valence-corrected chi connectivity index (χ4v) is 2.49. The molecular weight excluding hydrogens is 276 g/mol. The van der Waals surface area contributed by atoms with Crippen molar-refractivity contribution < 1.29 is 13.5 Å². The van der Waals surface area contributed by atoms with Crippen LogP contribution in [0.5, 0.6) is 0 Å². The molecule has 3 rings (SSSR count). The molecule has 1 aliphatic carbocycles. The molecule has 114 valence electrons. The average molecular weight is 295 g/mol. The molecule has 4 nitrogen and oxygen atoms in total. The third kappa shape index (κ3) is 2.80. The van der Waals surface area contributed by atoms with Crippen LogP contribution in [0.2, 0.25) is 0 Å². The van der Waals surface area contributed by atoms with E-state index in [1.165, 1.54) is 25.8 Å². The number of aliphatic imine (C=N–C) groups is 1. The van der Waals surface area contributed by atoms with E-state index in [1.807, 2.05) is 0 Å². The molecule has 2 unspecified atom stereocenters. The number of ether oxygens (including phenoxy) is 1. The molecule has 0 bridgehead atoms. The summed E-state index contributed by atoms with van der Waals surface area (Å²) >= 11 is 0. The Morgan fingerprint density at radius 3 is 2.95 bits per heavy atom. The number of hydrogen-bond acceptors (Lipinski definition) is 4. The van der Waals surface area contributed by atoms with E-state index in [2.05, 4.69) is 10.3 Å². The van der Waals surface area contributed by atoms with Crippen LogP contribution in [0.3, 0.4) is 0 Å². The number of halogens is 2. The van der Waals surface area contributed by atoms with Gasteiger partial charge in [0.05, 0.1) is 0 Å². The van der Waals surface area contributed by atoms with Crippen molar-refractivity contribution in [3.05, 3.63) is 29.6 Å². The lowest BCUT2D eigenvalue weighted by Crippen LogP contribution is -2.43. The van der Waals surface area contributed by atoms with Crippen LogP contribution in [0, 0.1) is 11.7 Å². The summed E-state index contributed by atoms with van der Waals surface area (Å²) in [7, 11) is 0. The molecule has 3 N–H and O–H groups in total. The molecule has 6 heteroatoms. The van der Waals surface area contributed by atoms with Gasteiger partial charge in [-0.05, 0) is 43.9 Å². The molecule has 1 aliphatic heterocycles. The maximum Gasteiger partial charge on any atom is 0.283 e. The summed E-state index contributed by atoms with van der Waals surface area (Å²) in [6.07, 6.45) is 1.01. The van der Waals surface area contributed by atoms with Crippen molar-refractivity contribution in [2.24, 2.45) is 16.6 Å². The topological polar surface area (TPSA) is 59.6 Å². The van der Waals surface area contributed by atoms with Crippen LogP contribution in [-0.4, -0.2) is 25.3 Å². The number of benzene rings is 1. The molecule has 1 aromatic rings. The van der Waals surface area contributed by atoms with Crippen LogP contribution in [0.15, 0.2) is 23.2 Å². The first-order valence-corrected chi connectivity index (χ1v) is 7.15. The Balaban J connectivity index is 1.91. The average Bonchev–Trinajstić information content (AvgIpc) is 3.26. The Labute approximate surface area is 122 Å². The fraction of sp³-hybridized carbons (Fsp3) is 0.533. The minimum atomic E-state index is -1.45. The van der Waals surface area contributed by atoms with Gasteiger partial charge in [-0.15, -0.1) is 0 Å². The summed E-state index contributed by atoms with van der Waals surface area (Å²) < 4.78 is 33.3. The van der Waals surface area contributed by atoms with Crippen LogP contribution in [0.4, 0.5) is 14.5 Å². The zero-order valence-corrected chi connectivity index (χ0v) is 11.9. The molecule has 2 aliphatic rings. The Bertz CT molecular complexity index is 574. The first kappa shape index (κ1) is 14.1. The highest BCUT2D eigenvalue weighted by Gasteiger charge is 2.42. The molecule has 1 saturated carbocycles. The van der Waals surface area contributed by atoms with Crippen molar-refractivity contribution in [3.8, 4) is 0 Å². The van der Waals surface area contributed by atoms with Crippen molar-refractivity contribution in [1.29, 1.82) is 0 Å². The second kappa shape index (κ2) is 5.16.